The van der Waals surface area contributed by atoms with E-state index in [1.807, 2.05) is 0 Å². The van der Waals surface area contributed by atoms with Crippen molar-refractivity contribution in [2.75, 3.05) is 5.73 Å². The van der Waals surface area contributed by atoms with Crippen molar-refractivity contribution in [3.8, 4) is 0 Å². The van der Waals surface area contributed by atoms with Crippen LogP contribution >= 0.6 is 0 Å². The number of carboxylic acids is 1. The fraction of sp³-hybridized carbons (Fsp3) is 0.467. The summed E-state index contributed by atoms with van der Waals surface area (Å²) in [5.41, 5.74) is 5.80. The van der Waals surface area contributed by atoms with E-state index in [1.54, 1.807) is 25.1 Å². The van der Waals surface area contributed by atoms with Gasteiger partial charge in [0.25, 0.3) is 0 Å². The first-order valence-electron chi connectivity index (χ1n) is 6.56. The number of ketones is 1. The lowest BCUT2D eigenvalue weighted by Crippen LogP contribution is -2.00. The highest BCUT2D eigenvalue weighted by molar-refractivity contribution is 5.93. The molecule has 0 heterocycles. The van der Waals surface area contributed by atoms with Crippen LogP contribution in [0.5, 0.6) is 0 Å². The SMILES string of the molecule is CCCCCCC(C)=O.Nc1ccccc1C(=O)O. The van der Waals surface area contributed by atoms with E-state index in [2.05, 4.69) is 6.92 Å². The Labute approximate surface area is 114 Å². The Morgan fingerprint density at radius 2 is 1.79 bits per heavy atom. The van der Waals surface area contributed by atoms with Crippen LogP contribution < -0.4 is 5.73 Å². The predicted molar refractivity (Wildman–Crippen MR) is 77.3 cm³/mol. The van der Waals surface area contributed by atoms with Crippen LogP contribution in [0.15, 0.2) is 24.3 Å². The number of benzene rings is 1. The van der Waals surface area contributed by atoms with Crippen LogP contribution in [-0.4, -0.2) is 16.9 Å². The molecule has 0 aliphatic heterocycles. The van der Waals surface area contributed by atoms with E-state index in [0.717, 1.165) is 12.8 Å². The zero-order valence-corrected chi connectivity index (χ0v) is 11.7. The molecule has 0 unspecified atom stereocenters. The smallest absolute Gasteiger partial charge is 0.337 e. The number of nitrogens with two attached hydrogens (primary N) is 1. The zero-order chi connectivity index (χ0) is 14.7. The van der Waals surface area contributed by atoms with Gasteiger partial charge in [-0.2, -0.15) is 0 Å². The Hall–Kier alpha value is -1.84. The Kier molecular flexibility index (Phi) is 9.14. The Morgan fingerprint density at radius 3 is 2.21 bits per heavy atom. The maximum Gasteiger partial charge on any atom is 0.337 e. The molecular weight excluding hydrogens is 242 g/mol. The molecule has 4 heteroatoms. The number of anilines is 1. The molecule has 106 valence electrons. The lowest BCUT2D eigenvalue weighted by atomic mass is 10.1. The standard InChI is InChI=1S/C8H16O.C7H7NO2/c1-3-4-5-6-7-8(2)9;8-6-4-2-1-3-5(6)7(9)10/h3-7H2,1-2H3;1-4H,8H2,(H,9,10). The minimum absolute atomic E-state index is 0.155. The number of rotatable bonds is 6. The third-order valence-corrected chi connectivity index (χ3v) is 2.57. The number of hydrogen-bond donors (Lipinski definition) is 2. The van der Waals surface area contributed by atoms with E-state index in [9.17, 15) is 9.59 Å². The zero-order valence-electron chi connectivity index (χ0n) is 11.7. The van der Waals surface area contributed by atoms with Gasteiger partial charge in [0.1, 0.15) is 5.78 Å². The number of Topliss-reactive ketones (excluding diaryl/α,β-unsaturated/α-hetero) is 1. The van der Waals surface area contributed by atoms with Gasteiger partial charge in [-0.1, -0.05) is 38.3 Å². The minimum atomic E-state index is -0.988. The number of hydrogen-bond acceptors (Lipinski definition) is 3. The van der Waals surface area contributed by atoms with Gasteiger partial charge in [-0.3, -0.25) is 0 Å². The van der Waals surface area contributed by atoms with Gasteiger partial charge in [-0.15, -0.1) is 0 Å². The van der Waals surface area contributed by atoms with Crippen LogP contribution in [0.3, 0.4) is 0 Å². The maximum absolute atomic E-state index is 10.4. The normalized spacial score (nSPS) is 9.37. The van der Waals surface area contributed by atoms with E-state index in [0.29, 0.717) is 11.5 Å². The Balaban J connectivity index is 0.000000344. The number of carbonyl (C=O) groups excluding carboxylic acids is 1. The summed E-state index contributed by atoms with van der Waals surface area (Å²) in [7, 11) is 0. The third kappa shape index (κ3) is 8.83. The molecule has 0 aromatic heterocycles. The Morgan fingerprint density at radius 1 is 1.16 bits per heavy atom. The molecule has 0 spiro atoms. The fourth-order valence-electron chi connectivity index (χ4n) is 1.49. The summed E-state index contributed by atoms with van der Waals surface area (Å²) in [5, 5.41) is 8.49. The summed E-state index contributed by atoms with van der Waals surface area (Å²) < 4.78 is 0. The second-order valence-corrected chi connectivity index (χ2v) is 4.41. The van der Waals surface area contributed by atoms with Gasteiger partial charge in [-0.05, 0) is 25.5 Å². The molecule has 0 aliphatic rings. The summed E-state index contributed by atoms with van der Waals surface area (Å²) in [5.74, 6) is -0.663. The highest BCUT2D eigenvalue weighted by atomic mass is 16.4. The molecule has 0 aliphatic carbocycles. The fourth-order valence-corrected chi connectivity index (χ4v) is 1.49. The van der Waals surface area contributed by atoms with Gasteiger partial charge < -0.3 is 15.6 Å². The van der Waals surface area contributed by atoms with Crippen LogP contribution in [0, 0.1) is 0 Å². The van der Waals surface area contributed by atoms with E-state index < -0.39 is 5.97 Å². The summed E-state index contributed by atoms with van der Waals surface area (Å²) in [4.78, 5) is 20.7. The first kappa shape index (κ1) is 17.2. The van der Waals surface area contributed by atoms with Crippen LogP contribution in [-0.2, 0) is 4.79 Å². The van der Waals surface area contributed by atoms with Crippen molar-refractivity contribution in [3.63, 3.8) is 0 Å². The van der Waals surface area contributed by atoms with Crippen molar-refractivity contribution in [3.05, 3.63) is 29.8 Å². The molecular formula is C15H23NO3. The summed E-state index contributed by atoms with van der Waals surface area (Å²) >= 11 is 0. The van der Waals surface area contributed by atoms with Crippen LogP contribution in [0.25, 0.3) is 0 Å². The van der Waals surface area contributed by atoms with Crippen molar-refractivity contribution < 1.29 is 14.7 Å². The average Bonchev–Trinajstić information content (AvgIpc) is 2.35. The van der Waals surface area contributed by atoms with Gasteiger partial charge in [0.15, 0.2) is 0 Å². The molecule has 1 aromatic carbocycles. The van der Waals surface area contributed by atoms with Gasteiger partial charge in [-0.25, -0.2) is 4.79 Å². The van der Waals surface area contributed by atoms with Crippen LogP contribution in [0.1, 0.15) is 56.3 Å². The molecule has 0 amide bonds. The molecule has 4 nitrogen and oxygen atoms in total. The third-order valence-electron chi connectivity index (χ3n) is 2.57. The van der Waals surface area contributed by atoms with Gasteiger partial charge in [0, 0.05) is 12.1 Å². The van der Waals surface area contributed by atoms with E-state index in [1.165, 1.54) is 25.3 Å². The molecule has 0 fully saturated rings. The van der Waals surface area contributed by atoms with Gasteiger partial charge in [0.2, 0.25) is 0 Å². The second kappa shape index (κ2) is 10.1. The van der Waals surface area contributed by atoms with Crippen molar-refractivity contribution in [2.24, 2.45) is 0 Å². The largest absolute Gasteiger partial charge is 0.478 e. The molecule has 0 atom stereocenters. The van der Waals surface area contributed by atoms with Crippen LogP contribution in [0.2, 0.25) is 0 Å². The van der Waals surface area contributed by atoms with Gasteiger partial charge in [0.05, 0.1) is 5.56 Å². The molecule has 0 saturated heterocycles. The lowest BCUT2D eigenvalue weighted by Gasteiger charge is -1.96. The highest BCUT2D eigenvalue weighted by Gasteiger charge is 2.03. The van der Waals surface area contributed by atoms with E-state index in [4.69, 9.17) is 10.8 Å². The summed E-state index contributed by atoms with van der Waals surface area (Å²) in [6.07, 6.45) is 5.60. The molecule has 0 bridgehead atoms. The quantitative estimate of drug-likeness (QED) is 0.609. The van der Waals surface area contributed by atoms with Crippen LogP contribution in [0.4, 0.5) is 5.69 Å². The molecule has 19 heavy (non-hydrogen) atoms. The van der Waals surface area contributed by atoms with E-state index >= 15 is 0 Å². The summed E-state index contributed by atoms with van der Waals surface area (Å²) in [6, 6.07) is 6.36. The average molecular weight is 265 g/mol. The van der Waals surface area contributed by atoms with Crippen molar-refractivity contribution >= 4 is 17.4 Å². The first-order valence-corrected chi connectivity index (χ1v) is 6.56. The number of unbranched alkanes of at least 4 members (excludes halogenated alkanes) is 3. The Bertz CT molecular complexity index is 402. The number of nitrogen functional groups attached to an aromatic ring is 1. The monoisotopic (exact) mass is 265 g/mol. The number of carboxylic acid groups (broad SMARTS) is 1. The number of carbonyl (C=O) groups is 2. The molecule has 3 N–H and O–H groups in total. The lowest BCUT2D eigenvalue weighted by molar-refractivity contribution is -0.117. The summed E-state index contributed by atoms with van der Waals surface area (Å²) in [6.45, 7) is 3.83. The topological polar surface area (TPSA) is 80.4 Å². The van der Waals surface area contributed by atoms with Crippen molar-refractivity contribution in [1.82, 2.24) is 0 Å². The van der Waals surface area contributed by atoms with Gasteiger partial charge >= 0.3 is 5.97 Å². The maximum atomic E-state index is 10.4. The number of aromatic carboxylic acids is 1. The van der Waals surface area contributed by atoms with Crippen molar-refractivity contribution in [2.45, 2.75) is 46.0 Å². The molecule has 0 radical (unpaired) electrons. The number of para-hydroxylation sites is 1. The highest BCUT2D eigenvalue weighted by Crippen LogP contribution is 2.09. The molecule has 0 saturated carbocycles. The van der Waals surface area contributed by atoms with E-state index in [-0.39, 0.29) is 5.56 Å². The minimum Gasteiger partial charge on any atom is -0.478 e. The first-order chi connectivity index (χ1) is 8.99. The molecule has 1 aromatic rings. The predicted octanol–water partition coefficient (Wildman–Crippen LogP) is 3.51. The second-order valence-electron chi connectivity index (χ2n) is 4.41. The van der Waals surface area contributed by atoms with Crippen molar-refractivity contribution in [1.29, 1.82) is 0 Å². The molecule has 1 rings (SSSR count).